The number of allylic oxidation sites excluding steroid dienone is 2. The van der Waals surface area contributed by atoms with Crippen molar-refractivity contribution in [3.63, 3.8) is 0 Å². The number of hydrogen-bond acceptors (Lipinski definition) is 1. The van der Waals surface area contributed by atoms with Gasteiger partial charge in [0.15, 0.2) is 23.3 Å². The van der Waals surface area contributed by atoms with Crippen LogP contribution < -0.4 is 0 Å². The van der Waals surface area contributed by atoms with Crippen LogP contribution in [0.1, 0.15) is 94.3 Å². The first kappa shape index (κ1) is 29.2. The van der Waals surface area contributed by atoms with Crippen LogP contribution in [0.25, 0.3) is 22.3 Å². The molecule has 1 aliphatic heterocycles. The fourth-order valence-electron chi connectivity index (χ4n) is 7.54. The predicted octanol–water partition coefficient (Wildman–Crippen LogP) is 11.1. The Morgan fingerprint density at radius 3 is 1.67 bits per heavy atom. The minimum Gasteiger partial charge on any atom is -0.368 e. The highest BCUT2D eigenvalue weighted by Crippen LogP contribution is 2.45. The lowest BCUT2D eigenvalue weighted by Crippen LogP contribution is -2.25. The van der Waals surface area contributed by atoms with Crippen molar-refractivity contribution in [1.82, 2.24) is 0 Å². The van der Waals surface area contributed by atoms with Crippen molar-refractivity contribution in [3.05, 3.63) is 95.1 Å². The Hall–Kier alpha value is -2.92. The van der Waals surface area contributed by atoms with E-state index in [4.69, 9.17) is 4.74 Å². The average Bonchev–Trinajstić information content (AvgIpc) is 3.86. The van der Waals surface area contributed by atoms with Crippen LogP contribution in [0.2, 0.25) is 0 Å². The lowest BCUT2D eigenvalue weighted by molar-refractivity contribution is 0.156. The van der Waals surface area contributed by atoms with Crippen molar-refractivity contribution in [2.45, 2.75) is 83.2 Å². The van der Waals surface area contributed by atoms with Gasteiger partial charge < -0.3 is 4.74 Å². The molecule has 3 aromatic rings. The molecule has 0 amide bonds. The van der Waals surface area contributed by atoms with E-state index < -0.39 is 23.3 Å². The molecule has 3 aromatic carbocycles. The van der Waals surface area contributed by atoms with E-state index in [9.17, 15) is 8.78 Å². The first-order valence-electron chi connectivity index (χ1n) is 15.7. The Bertz CT molecular complexity index is 1410. The summed E-state index contributed by atoms with van der Waals surface area (Å²) in [5.41, 5.74) is 1.97. The Kier molecular flexibility index (Phi) is 8.85. The van der Waals surface area contributed by atoms with E-state index in [1.54, 1.807) is 42.5 Å². The summed E-state index contributed by atoms with van der Waals surface area (Å²) in [5.74, 6) is -1.03. The molecular formula is C37H40F4O. The van der Waals surface area contributed by atoms with E-state index in [-0.39, 0.29) is 28.7 Å². The van der Waals surface area contributed by atoms with Crippen LogP contribution >= 0.6 is 0 Å². The van der Waals surface area contributed by atoms with Crippen LogP contribution in [0.4, 0.5) is 17.6 Å². The van der Waals surface area contributed by atoms with Crippen LogP contribution in [0.5, 0.6) is 0 Å². The summed E-state index contributed by atoms with van der Waals surface area (Å²) in [7, 11) is 0. The molecule has 42 heavy (non-hydrogen) atoms. The molecule has 1 heterocycles. The SMILES string of the molecule is C/C=C/CCC1CCC(C2CCC(c3ccc(-c4ccc(-c5ccc(C6CO6)c(F)c5F)cc4)c(F)c3F)CC2)CC1. The van der Waals surface area contributed by atoms with Crippen LogP contribution in [0.15, 0.2) is 60.7 Å². The molecule has 1 atom stereocenters. The second kappa shape index (κ2) is 12.8. The Morgan fingerprint density at radius 1 is 0.643 bits per heavy atom. The summed E-state index contributed by atoms with van der Waals surface area (Å²) in [6.45, 7) is 2.48. The zero-order chi connectivity index (χ0) is 29.2. The van der Waals surface area contributed by atoms with Crippen molar-refractivity contribution in [2.75, 3.05) is 6.61 Å². The number of ether oxygens (including phenoxy) is 1. The Balaban J connectivity index is 1.09. The summed E-state index contributed by atoms with van der Waals surface area (Å²) in [4.78, 5) is 0. The molecule has 1 unspecified atom stereocenters. The highest BCUT2D eigenvalue weighted by atomic mass is 19.2. The van der Waals surface area contributed by atoms with Gasteiger partial charge in [-0.2, -0.15) is 0 Å². The Labute approximate surface area is 247 Å². The maximum atomic E-state index is 15.4. The van der Waals surface area contributed by atoms with Gasteiger partial charge in [-0.1, -0.05) is 73.5 Å². The van der Waals surface area contributed by atoms with Gasteiger partial charge in [0.25, 0.3) is 0 Å². The van der Waals surface area contributed by atoms with Crippen molar-refractivity contribution >= 4 is 0 Å². The van der Waals surface area contributed by atoms with E-state index in [0.717, 1.165) is 37.5 Å². The maximum Gasteiger partial charge on any atom is 0.167 e. The van der Waals surface area contributed by atoms with Crippen LogP contribution in [0.3, 0.4) is 0 Å². The summed E-state index contributed by atoms with van der Waals surface area (Å²) >= 11 is 0. The molecule has 3 aliphatic rings. The standard InChI is InChI=1S/C37H40F4O/c1-2-3-4-5-23-6-8-24(9-7-23)25-10-12-26(13-11-25)29-18-19-30(35(39)34(29)38)27-14-16-28(17-15-27)31-20-21-32(33-22-42-33)37(41)36(31)40/h2-3,14-21,23-26,33H,4-13,22H2,1H3/b3-2+. The summed E-state index contributed by atoms with van der Waals surface area (Å²) < 4.78 is 65.1. The van der Waals surface area contributed by atoms with Gasteiger partial charge >= 0.3 is 0 Å². The molecule has 5 heteroatoms. The van der Waals surface area contributed by atoms with Gasteiger partial charge in [-0.15, -0.1) is 0 Å². The van der Waals surface area contributed by atoms with Crippen LogP contribution in [-0.2, 0) is 4.74 Å². The number of epoxide rings is 1. The smallest absolute Gasteiger partial charge is 0.167 e. The lowest BCUT2D eigenvalue weighted by atomic mass is 9.68. The zero-order valence-corrected chi connectivity index (χ0v) is 24.4. The first-order valence-corrected chi connectivity index (χ1v) is 15.7. The van der Waals surface area contributed by atoms with Crippen LogP contribution in [-0.4, -0.2) is 6.61 Å². The van der Waals surface area contributed by atoms with Gasteiger partial charge in [-0.3, -0.25) is 0 Å². The molecule has 0 aromatic heterocycles. The molecule has 3 fully saturated rings. The number of hydrogen-bond donors (Lipinski definition) is 0. The van der Waals surface area contributed by atoms with Gasteiger partial charge in [0.1, 0.15) is 6.10 Å². The number of rotatable bonds is 8. The normalized spacial score (nSPS) is 26.1. The van der Waals surface area contributed by atoms with Crippen molar-refractivity contribution in [1.29, 1.82) is 0 Å². The zero-order valence-electron chi connectivity index (χ0n) is 24.4. The minimum absolute atomic E-state index is 0.0474. The van der Waals surface area contributed by atoms with Gasteiger partial charge in [0, 0.05) is 16.7 Å². The fourth-order valence-corrected chi connectivity index (χ4v) is 7.54. The summed E-state index contributed by atoms with van der Waals surface area (Å²) in [5, 5.41) is 0. The van der Waals surface area contributed by atoms with E-state index in [0.29, 0.717) is 29.2 Å². The first-order chi connectivity index (χ1) is 20.4. The fraction of sp³-hybridized carbons (Fsp3) is 0.459. The van der Waals surface area contributed by atoms with E-state index >= 15 is 8.78 Å². The highest BCUT2D eigenvalue weighted by molar-refractivity contribution is 5.71. The monoisotopic (exact) mass is 576 g/mol. The van der Waals surface area contributed by atoms with Crippen LogP contribution in [0, 0.1) is 41.0 Å². The third-order valence-electron chi connectivity index (χ3n) is 10.2. The van der Waals surface area contributed by atoms with Gasteiger partial charge in [0.05, 0.1) is 6.61 Å². The predicted molar refractivity (Wildman–Crippen MR) is 160 cm³/mol. The van der Waals surface area contributed by atoms with Crippen molar-refractivity contribution < 1.29 is 22.3 Å². The molecule has 6 rings (SSSR count). The quantitative estimate of drug-likeness (QED) is 0.148. The van der Waals surface area contributed by atoms with E-state index in [2.05, 4.69) is 19.1 Å². The van der Waals surface area contributed by atoms with Gasteiger partial charge in [0.2, 0.25) is 0 Å². The average molecular weight is 577 g/mol. The lowest BCUT2D eigenvalue weighted by Gasteiger charge is -2.38. The van der Waals surface area contributed by atoms with Gasteiger partial charge in [-0.05, 0) is 98.7 Å². The largest absolute Gasteiger partial charge is 0.368 e. The number of halogens is 4. The highest BCUT2D eigenvalue weighted by Gasteiger charge is 2.33. The molecule has 1 saturated heterocycles. The molecular weight excluding hydrogens is 536 g/mol. The summed E-state index contributed by atoms with van der Waals surface area (Å²) in [6.07, 6.45) is 15.8. The third-order valence-corrected chi connectivity index (χ3v) is 10.2. The maximum absolute atomic E-state index is 15.4. The molecule has 0 radical (unpaired) electrons. The molecule has 0 spiro atoms. The molecule has 2 saturated carbocycles. The topological polar surface area (TPSA) is 12.5 Å². The third kappa shape index (κ3) is 6.08. The minimum atomic E-state index is -0.931. The van der Waals surface area contributed by atoms with Crippen molar-refractivity contribution in [2.24, 2.45) is 17.8 Å². The van der Waals surface area contributed by atoms with Crippen molar-refractivity contribution in [3.8, 4) is 22.3 Å². The molecule has 1 nitrogen and oxygen atoms in total. The molecule has 0 N–H and O–H groups in total. The molecule has 0 bridgehead atoms. The second-order valence-corrected chi connectivity index (χ2v) is 12.6. The van der Waals surface area contributed by atoms with E-state index in [1.807, 2.05) is 0 Å². The Morgan fingerprint density at radius 2 is 1.14 bits per heavy atom. The molecule has 222 valence electrons. The molecule has 2 aliphatic carbocycles. The summed E-state index contributed by atoms with van der Waals surface area (Å²) in [6, 6.07) is 13.0. The number of benzene rings is 3. The second-order valence-electron chi connectivity index (χ2n) is 12.6. The van der Waals surface area contributed by atoms with Gasteiger partial charge in [-0.25, -0.2) is 17.6 Å². The van der Waals surface area contributed by atoms with E-state index in [1.165, 1.54) is 44.6 Å².